The Kier molecular flexibility index (Phi) is 6.50. The predicted molar refractivity (Wildman–Crippen MR) is 97.1 cm³/mol. The topological polar surface area (TPSA) is 99.1 Å². The number of aliphatic hydroxyl groups is 1. The fourth-order valence-corrected chi connectivity index (χ4v) is 3.04. The van der Waals surface area contributed by atoms with Crippen molar-refractivity contribution < 1.29 is 24.6 Å². The Balaban J connectivity index is 2.46. The van der Waals surface area contributed by atoms with Crippen LogP contribution in [0.2, 0.25) is 0 Å². The fourth-order valence-electron chi connectivity index (χ4n) is 2.71. The van der Waals surface area contributed by atoms with Gasteiger partial charge in [-0.3, -0.25) is 9.63 Å². The first-order valence-electron chi connectivity index (χ1n) is 8.44. The largest absolute Gasteiger partial charge is 0.505 e. The molecule has 1 heterocycles. The first kappa shape index (κ1) is 20.1. The number of hydrogen-bond donors (Lipinski definition) is 3. The number of hydrogen-bond acceptors (Lipinski definition) is 5. The molecule has 0 bridgehead atoms. The summed E-state index contributed by atoms with van der Waals surface area (Å²) < 4.78 is 0. The highest BCUT2D eigenvalue weighted by Gasteiger charge is 2.38. The van der Waals surface area contributed by atoms with Crippen molar-refractivity contribution in [2.75, 3.05) is 0 Å². The minimum absolute atomic E-state index is 0.209. The molecule has 0 saturated heterocycles. The van der Waals surface area contributed by atoms with Crippen molar-refractivity contribution in [3.63, 3.8) is 0 Å². The second-order valence-corrected chi connectivity index (χ2v) is 6.67. The van der Waals surface area contributed by atoms with Crippen LogP contribution in [0.3, 0.4) is 0 Å². The number of halogens is 1. The van der Waals surface area contributed by atoms with E-state index in [4.69, 9.17) is 16.4 Å². The molecule has 0 aromatic heterocycles. The van der Waals surface area contributed by atoms with Crippen molar-refractivity contribution in [3.8, 4) is 0 Å². The van der Waals surface area contributed by atoms with Gasteiger partial charge < -0.3 is 15.5 Å². The molecule has 0 spiro atoms. The van der Waals surface area contributed by atoms with Crippen LogP contribution in [-0.4, -0.2) is 39.3 Å². The molecule has 0 saturated carbocycles. The van der Waals surface area contributed by atoms with Gasteiger partial charge in [0.1, 0.15) is 6.04 Å². The zero-order valence-corrected chi connectivity index (χ0v) is 15.7. The summed E-state index contributed by atoms with van der Waals surface area (Å²) in [5.74, 6) is -2.21. The van der Waals surface area contributed by atoms with E-state index < -0.39 is 23.4 Å². The van der Waals surface area contributed by atoms with Gasteiger partial charge in [-0.05, 0) is 20.3 Å². The minimum Gasteiger partial charge on any atom is -0.505 e. The number of rotatable bonds is 7. The summed E-state index contributed by atoms with van der Waals surface area (Å²) in [6.07, 6.45) is 0.527. The monoisotopic (exact) mass is 382 g/mol. The zero-order valence-electron chi connectivity index (χ0n) is 14.9. The SMILES string of the molecule is CCCC(NC(=O)C1=C(O)c2ccccc2[C@H](Cl)N1OC(C)C)C(=O)O. The van der Waals surface area contributed by atoms with Gasteiger partial charge in [-0.15, -0.1) is 0 Å². The van der Waals surface area contributed by atoms with Gasteiger partial charge in [0.05, 0.1) is 6.10 Å². The Labute approximate surface area is 157 Å². The van der Waals surface area contributed by atoms with Crippen LogP contribution in [-0.2, 0) is 14.4 Å². The van der Waals surface area contributed by atoms with Gasteiger partial charge in [-0.25, -0.2) is 9.86 Å². The summed E-state index contributed by atoms with van der Waals surface area (Å²) >= 11 is 6.48. The molecule has 1 aromatic carbocycles. The summed E-state index contributed by atoms with van der Waals surface area (Å²) in [5, 5.41) is 23.5. The highest BCUT2D eigenvalue weighted by Crippen LogP contribution is 2.40. The molecule has 1 amide bonds. The van der Waals surface area contributed by atoms with E-state index in [1.807, 2.05) is 6.92 Å². The number of aliphatic carboxylic acids is 1. The van der Waals surface area contributed by atoms with Crippen molar-refractivity contribution in [1.29, 1.82) is 0 Å². The van der Waals surface area contributed by atoms with E-state index in [1.165, 1.54) is 0 Å². The molecule has 3 N–H and O–H groups in total. The van der Waals surface area contributed by atoms with E-state index in [0.717, 1.165) is 5.06 Å². The van der Waals surface area contributed by atoms with Gasteiger partial charge in [0.25, 0.3) is 5.91 Å². The van der Waals surface area contributed by atoms with Crippen LogP contribution in [0.15, 0.2) is 30.0 Å². The predicted octanol–water partition coefficient (Wildman–Crippen LogP) is 3.18. The minimum atomic E-state index is -1.14. The molecule has 1 aromatic rings. The Hall–Kier alpha value is -2.25. The molecule has 1 unspecified atom stereocenters. The van der Waals surface area contributed by atoms with Crippen molar-refractivity contribution in [2.24, 2.45) is 0 Å². The Morgan fingerprint density at radius 1 is 1.35 bits per heavy atom. The Morgan fingerprint density at radius 3 is 2.58 bits per heavy atom. The van der Waals surface area contributed by atoms with Gasteiger partial charge in [0.15, 0.2) is 17.0 Å². The number of alkyl halides is 1. The standard InChI is InChI=1S/C18H23ClN2O5/c1-4-7-13(18(24)25)20-17(23)14-15(22)11-8-5-6-9-12(11)16(19)21(14)26-10(2)3/h5-6,8-10,13,16,22H,4,7H2,1-3H3,(H,20,23)(H,24,25)/t13?,16-/m1/s1. The van der Waals surface area contributed by atoms with E-state index >= 15 is 0 Å². The summed E-state index contributed by atoms with van der Waals surface area (Å²) in [7, 11) is 0. The molecule has 0 aliphatic carbocycles. The van der Waals surface area contributed by atoms with Crippen LogP contribution in [0.1, 0.15) is 50.2 Å². The fraction of sp³-hybridized carbons (Fsp3) is 0.444. The van der Waals surface area contributed by atoms with E-state index in [0.29, 0.717) is 17.5 Å². The van der Waals surface area contributed by atoms with E-state index in [1.54, 1.807) is 38.1 Å². The molecule has 0 fully saturated rings. The summed E-state index contributed by atoms with van der Waals surface area (Å²) in [4.78, 5) is 29.8. The number of nitrogens with zero attached hydrogens (tertiary/aromatic N) is 1. The molecule has 2 atom stereocenters. The van der Waals surface area contributed by atoms with E-state index in [9.17, 15) is 19.8 Å². The number of benzene rings is 1. The quantitative estimate of drug-likeness (QED) is 0.495. The van der Waals surface area contributed by atoms with E-state index in [-0.39, 0.29) is 24.0 Å². The molecular weight excluding hydrogens is 360 g/mol. The molecule has 8 heteroatoms. The van der Waals surface area contributed by atoms with Crippen molar-refractivity contribution >= 4 is 29.2 Å². The lowest BCUT2D eigenvalue weighted by Crippen LogP contribution is -2.46. The van der Waals surface area contributed by atoms with Gasteiger partial charge >= 0.3 is 5.97 Å². The number of hydroxylamine groups is 2. The Bertz CT molecular complexity index is 719. The average Bonchev–Trinajstić information content (AvgIpc) is 2.58. The van der Waals surface area contributed by atoms with Gasteiger partial charge in [-0.1, -0.05) is 49.2 Å². The number of amides is 1. The third-order valence-electron chi connectivity index (χ3n) is 3.84. The summed E-state index contributed by atoms with van der Waals surface area (Å²) in [5.41, 5.74) is -0.0599. The van der Waals surface area contributed by atoms with Crippen LogP contribution in [0.5, 0.6) is 0 Å². The van der Waals surface area contributed by atoms with E-state index in [2.05, 4.69) is 5.32 Å². The molecule has 1 aliphatic rings. The van der Waals surface area contributed by atoms with Crippen molar-refractivity contribution in [2.45, 2.75) is 51.3 Å². The maximum atomic E-state index is 12.8. The number of carboxylic acids is 1. The van der Waals surface area contributed by atoms with Crippen LogP contribution < -0.4 is 5.32 Å². The second kappa shape index (κ2) is 8.42. The molecular formula is C18H23ClN2O5. The maximum Gasteiger partial charge on any atom is 0.326 e. The first-order valence-corrected chi connectivity index (χ1v) is 8.87. The zero-order chi connectivity index (χ0) is 19.4. The number of fused-ring (bicyclic) bond motifs is 1. The Morgan fingerprint density at radius 2 is 2.00 bits per heavy atom. The number of nitrogens with one attached hydrogen (secondary N) is 1. The van der Waals surface area contributed by atoms with Crippen LogP contribution in [0, 0.1) is 0 Å². The normalized spacial score (nSPS) is 17.9. The van der Waals surface area contributed by atoms with Gasteiger partial charge in [-0.2, -0.15) is 0 Å². The number of aliphatic hydroxyl groups excluding tert-OH is 1. The third-order valence-corrected chi connectivity index (χ3v) is 4.26. The highest BCUT2D eigenvalue weighted by atomic mass is 35.5. The number of carbonyl (C=O) groups excluding carboxylic acids is 1. The molecule has 2 rings (SSSR count). The molecule has 142 valence electrons. The highest BCUT2D eigenvalue weighted by molar-refractivity contribution is 6.21. The lowest BCUT2D eigenvalue weighted by atomic mass is 10.00. The second-order valence-electron chi connectivity index (χ2n) is 6.25. The van der Waals surface area contributed by atoms with Crippen LogP contribution in [0.4, 0.5) is 0 Å². The smallest absolute Gasteiger partial charge is 0.326 e. The average molecular weight is 383 g/mol. The maximum absolute atomic E-state index is 12.8. The summed E-state index contributed by atoms with van der Waals surface area (Å²) in [6.45, 7) is 5.33. The lowest BCUT2D eigenvalue weighted by Gasteiger charge is -2.36. The van der Waals surface area contributed by atoms with Crippen molar-refractivity contribution in [1.82, 2.24) is 10.4 Å². The molecule has 7 nitrogen and oxygen atoms in total. The summed E-state index contributed by atoms with van der Waals surface area (Å²) in [6, 6.07) is 5.78. The van der Waals surface area contributed by atoms with Gasteiger partial charge in [0, 0.05) is 11.1 Å². The van der Waals surface area contributed by atoms with Crippen molar-refractivity contribution in [3.05, 3.63) is 41.1 Å². The van der Waals surface area contributed by atoms with Crippen LogP contribution >= 0.6 is 11.6 Å². The first-order chi connectivity index (χ1) is 12.3. The number of carbonyl (C=O) groups is 2. The lowest BCUT2D eigenvalue weighted by molar-refractivity contribution is -0.179. The molecule has 1 aliphatic heterocycles. The van der Waals surface area contributed by atoms with Crippen LogP contribution in [0.25, 0.3) is 5.76 Å². The molecule has 0 radical (unpaired) electrons. The number of carboxylic acid groups (broad SMARTS) is 1. The molecule has 26 heavy (non-hydrogen) atoms. The van der Waals surface area contributed by atoms with Gasteiger partial charge in [0.2, 0.25) is 0 Å². The third kappa shape index (κ3) is 4.11.